The molecule has 2 aromatic rings. The largest absolute Gasteiger partial charge is 0.478 e. The fraction of sp³-hybridized carbons (Fsp3) is 0. The molecule has 0 saturated carbocycles. The number of nitrogens with zero attached hydrogens (tertiary/aromatic N) is 1. The minimum atomic E-state index is -1.13. The number of benzene rings is 1. The first kappa shape index (κ1) is 15.6. The van der Waals surface area contributed by atoms with Crippen molar-refractivity contribution in [2.24, 2.45) is 0 Å². The maximum Gasteiger partial charge on any atom is 0.335 e. The Morgan fingerprint density at radius 3 is 2.75 bits per heavy atom. The average molecular weight is 342 g/mol. The van der Waals surface area contributed by atoms with Gasteiger partial charge in [-0.15, -0.1) is 0 Å². The van der Waals surface area contributed by atoms with Crippen LogP contribution in [0.2, 0.25) is 0 Å². The van der Waals surface area contributed by atoms with E-state index in [4.69, 9.17) is 21.7 Å². The van der Waals surface area contributed by atoms with Gasteiger partial charge in [0.2, 0.25) is 0 Å². The minimum absolute atomic E-state index is 0.000337. The molecule has 24 heavy (non-hydrogen) atoms. The van der Waals surface area contributed by atoms with Crippen molar-refractivity contribution in [2.75, 3.05) is 4.90 Å². The molecule has 1 aromatic carbocycles. The molecule has 1 aromatic heterocycles. The molecule has 0 unspecified atom stereocenters. The molecule has 2 N–H and O–H groups in total. The van der Waals surface area contributed by atoms with Crippen molar-refractivity contribution in [3.05, 3.63) is 59.6 Å². The van der Waals surface area contributed by atoms with Crippen LogP contribution >= 0.6 is 12.2 Å². The second kappa shape index (κ2) is 6.09. The van der Waals surface area contributed by atoms with Crippen molar-refractivity contribution in [3.8, 4) is 0 Å². The van der Waals surface area contributed by atoms with Gasteiger partial charge in [0.25, 0.3) is 11.8 Å². The monoisotopic (exact) mass is 342 g/mol. The van der Waals surface area contributed by atoms with Crippen LogP contribution in [0.5, 0.6) is 0 Å². The van der Waals surface area contributed by atoms with Crippen LogP contribution in [0.15, 0.2) is 52.8 Å². The summed E-state index contributed by atoms with van der Waals surface area (Å²) in [6.45, 7) is 0. The third-order valence-electron chi connectivity index (χ3n) is 3.31. The van der Waals surface area contributed by atoms with Gasteiger partial charge in [0, 0.05) is 5.56 Å². The number of hydrogen-bond donors (Lipinski definition) is 2. The second-order valence-electron chi connectivity index (χ2n) is 4.87. The van der Waals surface area contributed by atoms with Gasteiger partial charge < -0.3 is 9.52 Å². The van der Waals surface area contributed by atoms with E-state index in [0.29, 0.717) is 5.56 Å². The molecule has 0 atom stereocenters. The molecule has 0 bridgehead atoms. The molecular weight excluding hydrogens is 332 g/mol. The lowest BCUT2D eigenvalue weighted by Gasteiger charge is -2.29. The minimum Gasteiger partial charge on any atom is -0.478 e. The summed E-state index contributed by atoms with van der Waals surface area (Å²) < 4.78 is 4.91. The van der Waals surface area contributed by atoms with E-state index in [1.165, 1.54) is 42.9 Å². The van der Waals surface area contributed by atoms with Gasteiger partial charge in [-0.1, -0.05) is 6.07 Å². The van der Waals surface area contributed by atoms with Crippen LogP contribution in [0.25, 0.3) is 6.08 Å². The predicted octanol–water partition coefficient (Wildman–Crippen LogP) is 1.81. The number of carbonyl (C=O) groups excluding carboxylic acids is 2. The Kier molecular flexibility index (Phi) is 3.97. The normalized spacial score (nSPS) is 16.4. The van der Waals surface area contributed by atoms with E-state index in [1.54, 1.807) is 6.07 Å². The lowest BCUT2D eigenvalue weighted by Crippen LogP contribution is -2.54. The van der Waals surface area contributed by atoms with E-state index in [-0.39, 0.29) is 21.9 Å². The van der Waals surface area contributed by atoms with Crippen LogP contribution in [0.3, 0.4) is 0 Å². The zero-order valence-electron chi connectivity index (χ0n) is 12.1. The van der Waals surface area contributed by atoms with E-state index in [2.05, 4.69) is 5.32 Å². The molecule has 2 amide bonds. The Hall–Kier alpha value is -3.26. The SMILES string of the molecule is O=C1NC(=S)N(c2cccc(C(=O)O)c2)C(=O)C1=Cc1ccoc1. The van der Waals surface area contributed by atoms with Crippen LogP contribution in [-0.2, 0) is 9.59 Å². The zero-order chi connectivity index (χ0) is 17.3. The van der Waals surface area contributed by atoms with Crippen LogP contribution in [0.4, 0.5) is 5.69 Å². The summed E-state index contributed by atoms with van der Waals surface area (Å²) in [6.07, 6.45) is 4.17. The number of aromatic carboxylic acids is 1. The Morgan fingerprint density at radius 2 is 2.08 bits per heavy atom. The number of furan rings is 1. The van der Waals surface area contributed by atoms with Gasteiger partial charge in [0.05, 0.1) is 23.8 Å². The Bertz CT molecular complexity index is 886. The van der Waals surface area contributed by atoms with Crippen molar-refractivity contribution < 1.29 is 23.9 Å². The molecule has 1 saturated heterocycles. The van der Waals surface area contributed by atoms with E-state index < -0.39 is 17.8 Å². The molecule has 1 aliphatic rings. The molecule has 8 heteroatoms. The van der Waals surface area contributed by atoms with Crippen molar-refractivity contribution in [3.63, 3.8) is 0 Å². The molecule has 2 heterocycles. The second-order valence-corrected chi connectivity index (χ2v) is 5.26. The van der Waals surface area contributed by atoms with Crippen molar-refractivity contribution in [2.45, 2.75) is 0 Å². The van der Waals surface area contributed by atoms with E-state index in [1.807, 2.05) is 0 Å². The van der Waals surface area contributed by atoms with Gasteiger partial charge in [-0.2, -0.15) is 0 Å². The van der Waals surface area contributed by atoms with Crippen molar-refractivity contribution in [1.82, 2.24) is 5.32 Å². The highest BCUT2D eigenvalue weighted by Gasteiger charge is 2.34. The first-order chi connectivity index (χ1) is 11.5. The fourth-order valence-electron chi connectivity index (χ4n) is 2.19. The van der Waals surface area contributed by atoms with Crippen molar-refractivity contribution >= 4 is 46.9 Å². The number of carboxylic acids is 1. The Labute approximate surface area is 141 Å². The predicted molar refractivity (Wildman–Crippen MR) is 88.3 cm³/mol. The number of carbonyl (C=O) groups is 3. The summed E-state index contributed by atoms with van der Waals surface area (Å²) in [7, 11) is 0. The van der Waals surface area contributed by atoms with Gasteiger partial charge >= 0.3 is 5.97 Å². The van der Waals surface area contributed by atoms with E-state index in [9.17, 15) is 14.4 Å². The highest BCUT2D eigenvalue weighted by molar-refractivity contribution is 7.80. The van der Waals surface area contributed by atoms with Crippen LogP contribution in [0.1, 0.15) is 15.9 Å². The van der Waals surface area contributed by atoms with E-state index in [0.717, 1.165) is 4.90 Å². The smallest absolute Gasteiger partial charge is 0.335 e. The standard InChI is InChI=1S/C16H10N2O5S/c19-13-12(6-9-4-5-23-8-9)14(20)18(16(24)17-13)11-3-1-2-10(7-11)15(21)22/h1-8H,(H,21,22)(H,17,19,24). The van der Waals surface area contributed by atoms with E-state index >= 15 is 0 Å². The van der Waals surface area contributed by atoms with Gasteiger partial charge in [-0.25, -0.2) is 4.79 Å². The van der Waals surface area contributed by atoms with Gasteiger partial charge in [-0.3, -0.25) is 19.8 Å². The maximum atomic E-state index is 12.7. The maximum absolute atomic E-state index is 12.7. The molecular formula is C16H10N2O5S. The summed E-state index contributed by atoms with van der Waals surface area (Å²) in [4.78, 5) is 36.9. The first-order valence-electron chi connectivity index (χ1n) is 6.74. The number of hydrogen-bond acceptors (Lipinski definition) is 5. The van der Waals surface area contributed by atoms with Gasteiger partial charge in [0.1, 0.15) is 5.57 Å². The topological polar surface area (TPSA) is 99.9 Å². The molecule has 0 radical (unpaired) electrons. The molecule has 7 nitrogen and oxygen atoms in total. The third kappa shape index (κ3) is 2.82. The molecule has 1 aliphatic heterocycles. The number of carboxylic acid groups (broad SMARTS) is 1. The molecule has 120 valence electrons. The summed E-state index contributed by atoms with van der Waals surface area (Å²) in [5, 5.41) is 11.4. The first-order valence-corrected chi connectivity index (χ1v) is 7.15. The summed E-state index contributed by atoms with van der Waals surface area (Å²) in [5.41, 5.74) is 0.662. The quantitative estimate of drug-likeness (QED) is 0.501. The number of anilines is 1. The number of nitrogens with one attached hydrogen (secondary N) is 1. The highest BCUT2D eigenvalue weighted by atomic mass is 32.1. The summed E-state index contributed by atoms with van der Waals surface area (Å²) in [6, 6.07) is 7.31. The molecule has 0 aliphatic carbocycles. The average Bonchev–Trinajstić information content (AvgIpc) is 3.04. The highest BCUT2D eigenvalue weighted by Crippen LogP contribution is 2.23. The van der Waals surface area contributed by atoms with Crippen molar-refractivity contribution in [1.29, 1.82) is 0 Å². The van der Waals surface area contributed by atoms with Crippen LogP contribution in [0, 0.1) is 0 Å². The number of thiocarbonyl (C=S) groups is 1. The van der Waals surface area contributed by atoms with Crippen LogP contribution < -0.4 is 10.2 Å². The lowest BCUT2D eigenvalue weighted by molar-refractivity contribution is -0.122. The molecule has 3 rings (SSSR count). The fourth-order valence-corrected chi connectivity index (χ4v) is 2.47. The summed E-state index contributed by atoms with van der Waals surface area (Å²) >= 11 is 5.05. The third-order valence-corrected chi connectivity index (χ3v) is 3.59. The molecule has 0 spiro atoms. The number of rotatable bonds is 3. The van der Waals surface area contributed by atoms with Crippen LogP contribution in [-0.4, -0.2) is 28.0 Å². The zero-order valence-corrected chi connectivity index (χ0v) is 12.9. The Balaban J connectivity index is 2.03. The summed E-state index contributed by atoms with van der Waals surface area (Å²) in [5.74, 6) is -2.41. The van der Waals surface area contributed by atoms with Gasteiger partial charge in [0.15, 0.2) is 5.11 Å². The lowest BCUT2D eigenvalue weighted by atomic mass is 10.1. The molecule has 1 fully saturated rings. The Morgan fingerprint density at radius 1 is 1.29 bits per heavy atom. The van der Waals surface area contributed by atoms with Gasteiger partial charge in [-0.05, 0) is 42.6 Å². The number of amides is 2.